The molecule has 23 heavy (non-hydrogen) atoms. The first kappa shape index (κ1) is 15.5. The number of aromatic carboxylic acids is 1. The molecule has 1 aromatic carbocycles. The zero-order chi connectivity index (χ0) is 16.6. The molecule has 0 aliphatic carbocycles. The fourth-order valence-corrected chi connectivity index (χ4v) is 3.80. The Morgan fingerprint density at radius 3 is 2.43 bits per heavy atom. The van der Waals surface area contributed by atoms with Crippen LogP contribution in [0, 0.1) is 0 Å². The van der Waals surface area contributed by atoms with Crippen LogP contribution < -0.4 is 0 Å². The van der Waals surface area contributed by atoms with Gasteiger partial charge in [-0.2, -0.15) is 0 Å². The second-order valence-electron chi connectivity index (χ2n) is 4.86. The third-order valence-electron chi connectivity index (χ3n) is 3.34. The molecule has 1 aromatic heterocycles. The summed E-state index contributed by atoms with van der Waals surface area (Å²) in [5.74, 6) is -1.25. The van der Waals surface area contributed by atoms with Gasteiger partial charge < -0.3 is 5.11 Å². The molecule has 0 unspecified atom stereocenters. The Hall–Kier alpha value is -2.38. The lowest BCUT2D eigenvalue weighted by Crippen LogP contribution is -2.22. The summed E-state index contributed by atoms with van der Waals surface area (Å²) in [6.45, 7) is 0. The highest BCUT2D eigenvalue weighted by Gasteiger charge is 2.31. The lowest BCUT2D eigenvalue weighted by molar-refractivity contribution is -0.121. The van der Waals surface area contributed by atoms with E-state index in [1.165, 1.54) is 18.4 Å². The van der Waals surface area contributed by atoms with Crippen LogP contribution in [0.3, 0.4) is 0 Å². The number of benzene rings is 1. The van der Waals surface area contributed by atoms with E-state index >= 15 is 0 Å². The molecule has 1 N–H and O–H groups in total. The Kier molecular flexibility index (Phi) is 4.06. The van der Waals surface area contributed by atoms with Crippen molar-refractivity contribution in [2.45, 2.75) is 0 Å². The van der Waals surface area contributed by atoms with Gasteiger partial charge in [-0.15, -0.1) is 11.3 Å². The molecule has 1 fully saturated rings. The third-order valence-corrected chi connectivity index (χ3v) is 5.19. The van der Waals surface area contributed by atoms with Gasteiger partial charge in [0, 0.05) is 11.9 Å². The van der Waals surface area contributed by atoms with Crippen LogP contribution >= 0.6 is 23.1 Å². The molecule has 3 rings (SSSR count). The van der Waals surface area contributed by atoms with Crippen LogP contribution in [0.2, 0.25) is 0 Å². The molecule has 1 aliphatic rings. The minimum atomic E-state index is -0.960. The molecule has 1 aliphatic heterocycles. The summed E-state index contributed by atoms with van der Waals surface area (Å²) < 4.78 is 0. The number of amides is 2. The Morgan fingerprint density at radius 2 is 1.87 bits per heavy atom. The van der Waals surface area contributed by atoms with Crippen molar-refractivity contribution in [3.8, 4) is 11.1 Å². The van der Waals surface area contributed by atoms with Gasteiger partial charge in [0.15, 0.2) is 0 Å². The number of imide groups is 1. The molecule has 1 saturated heterocycles. The van der Waals surface area contributed by atoms with Gasteiger partial charge >= 0.3 is 5.97 Å². The molecular formula is C16H11NO4S2. The first-order chi connectivity index (χ1) is 11.0. The Bertz CT molecular complexity index is 836. The maximum atomic E-state index is 11.9. The molecular weight excluding hydrogens is 334 g/mol. The van der Waals surface area contributed by atoms with E-state index in [2.05, 4.69) is 0 Å². The number of nitrogens with zero attached hydrogens (tertiary/aromatic N) is 1. The van der Waals surface area contributed by atoms with Crippen molar-refractivity contribution in [2.75, 3.05) is 7.05 Å². The number of hydrogen-bond donors (Lipinski definition) is 1. The monoisotopic (exact) mass is 345 g/mol. The predicted molar refractivity (Wildman–Crippen MR) is 90.4 cm³/mol. The third kappa shape index (κ3) is 3.06. The fourth-order valence-electron chi connectivity index (χ4n) is 2.06. The maximum absolute atomic E-state index is 11.9. The van der Waals surface area contributed by atoms with E-state index in [1.54, 1.807) is 30.3 Å². The number of carboxylic acid groups (broad SMARTS) is 1. The maximum Gasteiger partial charge on any atom is 0.335 e. The number of carbonyl (C=O) groups excluding carboxylic acids is 2. The lowest BCUT2D eigenvalue weighted by atomic mass is 10.1. The summed E-state index contributed by atoms with van der Waals surface area (Å²) >= 11 is 2.38. The van der Waals surface area contributed by atoms with E-state index in [-0.39, 0.29) is 16.7 Å². The summed E-state index contributed by atoms with van der Waals surface area (Å²) in [7, 11) is 1.46. The molecule has 2 heterocycles. The average Bonchev–Trinajstić information content (AvgIpc) is 3.09. The number of hydrogen-bond acceptors (Lipinski definition) is 5. The number of carbonyl (C=O) groups is 3. The highest BCUT2D eigenvalue weighted by Crippen LogP contribution is 2.33. The van der Waals surface area contributed by atoms with E-state index in [4.69, 9.17) is 5.11 Å². The highest BCUT2D eigenvalue weighted by molar-refractivity contribution is 8.18. The van der Waals surface area contributed by atoms with Crippen molar-refractivity contribution in [1.82, 2.24) is 4.90 Å². The number of carboxylic acids is 1. The van der Waals surface area contributed by atoms with Crippen molar-refractivity contribution in [2.24, 2.45) is 0 Å². The molecule has 2 aromatic rings. The van der Waals surface area contributed by atoms with Gasteiger partial charge in [0.05, 0.1) is 10.5 Å². The number of likely N-dealkylation sites (N-methyl/N-ethyl adjacent to an activating group) is 1. The van der Waals surface area contributed by atoms with Gasteiger partial charge in [0.2, 0.25) is 0 Å². The Labute approximate surface area is 140 Å². The Morgan fingerprint density at radius 1 is 1.17 bits per heavy atom. The summed E-state index contributed by atoms with van der Waals surface area (Å²) in [5.41, 5.74) is 2.07. The van der Waals surface area contributed by atoms with Crippen molar-refractivity contribution < 1.29 is 19.5 Å². The normalized spacial score (nSPS) is 16.4. The number of rotatable bonds is 3. The Balaban J connectivity index is 1.85. The van der Waals surface area contributed by atoms with Crippen LogP contribution in [0.5, 0.6) is 0 Å². The SMILES string of the molecule is CN1C(=O)SC(=Cc2cc(-c3ccc(C(=O)O)cc3)cs2)C1=O. The van der Waals surface area contributed by atoms with Crippen LogP contribution in [0.4, 0.5) is 4.79 Å². The van der Waals surface area contributed by atoms with Crippen molar-refractivity contribution in [3.05, 3.63) is 51.1 Å². The predicted octanol–water partition coefficient (Wildman–Crippen LogP) is 3.78. The molecule has 5 nitrogen and oxygen atoms in total. The van der Waals surface area contributed by atoms with Gasteiger partial charge in [0.25, 0.3) is 11.1 Å². The van der Waals surface area contributed by atoms with E-state index in [1.807, 2.05) is 11.4 Å². The van der Waals surface area contributed by atoms with Gasteiger partial charge in [-0.25, -0.2) is 4.79 Å². The molecule has 0 saturated carbocycles. The summed E-state index contributed by atoms with van der Waals surface area (Å²) in [5, 5.41) is 10.6. The van der Waals surface area contributed by atoms with Crippen molar-refractivity contribution in [1.29, 1.82) is 0 Å². The summed E-state index contributed by atoms with van der Waals surface area (Å²) in [6, 6.07) is 8.50. The topological polar surface area (TPSA) is 74.7 Å². The van der Waals surface area contributed by atoms with E-state index in [0.29, 0.717) is 4.91 Å². The average molecular weight is 345 g/mol. The molecule has 2 amide bonds. The molecule has 0 radical (unpaired) electrons. The van der Waals surface area contributed by atoms with E-state index in [0.717, 1.165) is 32.7 Å². The quantitative estimate of drug-likeness (QED) is 0.857. The van der Waals surface area contributed by atoms with Gasteiger partial charge in [-0.05, 0) is 52.5 Å². The van der Waals surface area contributed by atoms with Crippen molar-refractivity contribution >= 4 is 46.3 Å². The minimum absolute atomic E-state index is 0.237. The van der Waals surface area contributed by atoms with Crippen LogP contribution in [-0.2, 0) is 4.79 Å². The molecule has 0 atom stereocenters. The van der Waals surface area contributed by atoms with Crippen LogP contribution in [-0.4, -0.2) is 34.2 Å². The lowest BCUT2D eigenvalue weighted by Gasteiger charge is -2.00. The second-order valence-corrected chi connectivity index (χ2v) is 6.80. The zero-order valence-corrected chi connectivity index (χ0v) is 13.6. The van der Waals surface area contributed by atoms with E-state index in [9.17, 15) is 14.4 Å². The van der Waals surface area contributed by atoms with Crippen LogP contribution in [0.25, 0.3) is 17.2 Å². The highest BCUT2D eigenvalue weighted by atomic mass is 32.2. The molecule has 0 bridgehead atoms. The number of thiophene rings is 1. The zero-order valence-electron chi connectivity index (χ0n) is 12.0. The van der Waals surface area contributed by atoms with Gasteiger partial charge in [0.1, 0.15) is 0 Å². The summed E-state index contributed by atoms with van der Waals surface area (Å²) in [4.78, 5) is 36.6. The standard InChI is InChI=1S/C16H11NO4S2/c1-17-14(18)13(23-16(17)21)7-12-6-11(8-22-12)9-2-4-10(5-3-9)15(19)20/h2-8H,1H3,(H,19,20). The molecule has 7 heteroatoms. The minimum Gasteiger partial charge on any atom is -0.478 e. The van der Waals surface area contributed by atoms with E-state index < -0.39 is 5.97 Å². The second kappa shape index (κ2) is 6.02. The number of thioether (sulfide) groups is 1. The first-order valence-electron chi connectivity index (χ1n) is 6.59. The van der Waals surface area contributed by atoms with Crippen LogP contribution in [0.15, 0.2) is 40.6 Å². The smallest absolute Gasteiger partial charge is 0.335 e. The molecule has 0 spiro atoms. The van der Waals surface area contributed by atoms with Crippen molar-refractivity contribution in [3.63, 3.8) is 0 Å². The molecule has 116 valence electrons. The van der Waals surface area contributed by atoms with Gasteiger partial charge in [-0.1, -0.05) is 12.1 Å². The van der Waals surface area contributed by atoms with Gasteiger partial charge in [-0.3, -0.25) is 14.5 Å². The largest absolute Gasteiger partial charge is 0.478 e. The first-order valence-corrected chi connectivity index (χ1v) is 8.29. The fraction of sp³-hybridized carbons (Fsp3) is 0.0625. The van der Waals surface area contributed by atoms with Crippen LogP contribution in [0.1, 0.15) is 15.2 Å². The summed E-state index contributed by atoms with van der Waals surface area (Å²) in [6.07, 6.45) is 1.70.